The summed E-state index contributed by atoms with van der Waals surface area (Å²) >= 11 is 1.39. The predicted octanol–water partition coefficient (Wildman–Crippen LogP) is 2.56. The van der Waals surface area contributed by atoms with Crippen molar-refractivity contribution in [2.24, 2.45) is 0 Å². The molecular weight excluding hydrogens is 211 g/mol. The predicted molar refractivity (Wildman–Crippen MR) is 50.1 cm³/mol. The molecule has 13 heavy (non-hydrogen) atoms. The van der Waals surface area contributed by atoms with Crippen LogP contribution in [0, 0.1) is 0 Å². The Bertz CT molecular complexity index is 542. The summed E-state index contributed by atoms with van der Waals surface area (Å²) in [4.78, 5) is -0.244. The summed E-state index contributed by atoms with van der Waals surface area (Å²) in [6, 6.07) is 6.16. The van der Waals surface area contributed by atoms with Crippen molar-refractivity contribution < 1.29 is 12.3 Å². The van der Waals surface area contributed by atoms with Crippen molar-refractivity contribution >= 4 is 31.6 Å². The summed E-state index contributed by atoms with van der Waals surface area (Å²) in [6.07, 6.45) is 0. The first kappa shape index (κ1) is 8.65. The van der Waals surface area contributed by atoms with Crippen LogP contribution in [0.25, 0.3) is 10.1 Å². The van der Waals surface area contributed by atoms with Crippen LogP contribution in [0.5, 0.6) is 0 Å². The number of halogens is 1. The molecule has 2 nitrogen and oxygen atoms in total. The van der Waals surface area contributed by atoms with Crippen molar-refractivity contribution in [2.45, 2.75) is 4.90 Å². The third-order valence-corrected chi connectivity index (χ3v) is 3.48. The fraction of sp³-hybridized carbons (Fsp3) is 0. The smallest absolute Gasteiger partial charge is 0.189 e. The molecule has 1 aromatic carbocycles. The van der Waals surface area contributed by atoms with Gasteiger partial charge in [-0.25, -0.2) is 0 Å². The van der Waals surface area contributed by atoms with Gasteiger partial charge in [-0.3, -0.25) is 0 Å². The lowest BCUT2D eigenvalue weighted by Gasteiger charge is -1.95. The van der Waals surface area contributed by atoms with E-state index >= 15 is 0 Å². The first-order chi connectivity index (χ1) is 6.09. The first-order valence-electron chi connectivity index (χ1n) is 3.50. The van der Waals surface area contributed by atoms with E-state index in [9.17, 15) is 12.3 Å². The molecule has 68 valence electrons. The Hall–Kier alpha value is -0.940. The molecule has 0 aliphatic heterocycles. The lowest BCUT2D eigenvalue weighted by atomic mass is 10.3. The van der Waals surface area contributed by atoms with Crippen LogP contribution in [0.4, 0.5) is 3.89 Å². The van der Waals surface area contributed by atoms with Gasteiger partial charge < -0.3 is 0 Å². The molecule has 2 rings (SSSR count). The Morgan fingerprint density at radius 1 is 1.23 bits per heavy atom. The third kappa shape index (κ3) is 1.45. The summed E-state index contributed by atoms with van der Waals surface area (Å²) in [6.45, 7) is 0. The topological polar surface area (TPSA) is 34.1 Å². The molecular formula is C8H5FO2S2. The summed E-state index contributed by atoms with van der Waals surface area (Å²) in [5, 5.41) is 2.19. The SMILES string of the molecule is O=S(=O)(F)c1cccc2sccc12. The molecule has 0 aliphatic rings. The minimum Gasteiger partial charge on any atom is -0.189 e. The van der Waals surface area contributed by atoms with Crippen LogP contribution in [-0.4, -0.2) is 8.42 Å². The molecule has 0 bridgehead atoms. The second kappa shape index (κ2) is 2.78. The Balaban J connectivity index is 2.91. The van der Waals surface area contributed by atoms with E-state index in [2.05, 4.69) is 0 Å². The quantitative estimate of drug-likeness (QED) is 0.686. The summed E-state index contributed by atoms with van der Waals surface area (Å²) < 4.78 is 34.8. The number of fused-ring (bicyclic) bond motifs is 1. The van der Waals surface area contributed by atoms with Crippen molar-refractivity contribution in [3.8, 4) is 0 Å². The van der Waals surface area contributed by atoms with E-state index in [-0.39, 0.29) is 4.90 Å². The Morgan fingerprint density at radius 3 is 2.69 bits per heavy atom. The highest BCUT2D eigenvalue weighted by Crippen LogP contribution is 2.27. The third-order valence-electron chi connectivity index (χ3n) is 1.72. The molecule has 0 spiro atoms. The van der Waals surface area contributed by atoms with Gasteiger partial charge in [0.25, 0.3) is 0 Å². The summed E-state index contributed by atoms with van der Waals surface area (Å²) in [5.74, 6) is 0. The zero-order valence-electron chi connectivity index (χ0n) is 6.40. The van der Waals surface area contributed by atoms with Gasteiger partial charge in [-0.1, -0.05) is 6.07 Å². The van der Waals surface area contributed by atoms with Crippen LogP contribution in [-0.2, 0) is 10.2 Å². The van der Waals surface area contributed by atoms with Gasteiger partial charge in [0.2, 0.25) is 0 Å². The maximum absolute atomic E-state index is 12.7. The summed E-state index contributed by atoms with van der Waals surface area (Å²) in [7, 11) is -4.59. The Kier molecular flexibility index (Phi) is 1.85. The molecule has 5 heteroatoms. The van der Waals surface area contributed by atoms with E-state index in [1.54, 1.807) is 17.5 Å². The van der Waals surface area contributed by atoms with Crippen LogP contribution >= 0.6 is 11.3 Å². The van der Waals surface area contributed by atoms with Crippen molar-refractivity contribution in [2.75, 3.05) is 0 Å². The van der Waals surface area contributed by atoms with E-state index in [1.165, 1.54) is 23.5 Å². The zero-order chi connectivity index (χ0) is 9.47. The minimum absolute atomic E-state index is 0.244. The van der Waals surface area contributed by atoms with Gasteiger partial charge in [-0.2, -0.15) is 8.42 Å². The molecule has 2 aromatic rings. The molecule has 0 saturated carbocycles. The lowest BCUT2D eigenvalue weighted by molar-refractivity contribution is 0.553. The van der Waals surface area contributed by atoms with Crippen molar-refractivity contribution in [1.82, 2.24) is 0 Å². The number of thiophene rings is 1. The first-order valence-corrected chi connectivity index (χ1v) is 5.76. The van der Waals surface area contributed by atoms with E-state index in [4.69, 9.17) is 0 Å². The molecule has 0 fully saturated rings. The Morgan fingerprint density at radius 2 is 2.00 bits per heavy atom. The molecule has 1 aromatic heterocycles. The molecule has 0 atom stereocenters. The average Bonchev–Trinajstić information content (AvgIpc) is 2.48. The van der Waals surface area contributed by atoms with Crippen molar-refractivity contribution in [3.05, 3.63) is 29.6 Å². The fourth-order valence-corrected chi connectivity index (χ4v) is 2.74. The van der Waals surface area contributed by atoms with E-state index in [0.29, 0.717) is 5.39 Å². The van der Waals surface area contributed by atoms with E-state index < -0.39 is 10.2 Å². The maximum Gasteiger partial charge on any atom is 0.332 e. The number of benzene rings is 1. The lowest BCUT2D eigenvalue weighted by Crippen LogP contribution is -1.91. The molecule has 0 aliphatic carbocycles. The monoisotopic (exact) mass is 216 g/mol. The van der Waals surface area contributed by atoms with Gasteiger partial charge >= 0.3 is 10.2 Å². The largest absolute Gasteiger partial charge is 0.332 e. The van der Waals surface area contributed by atoms with Crippen molar-refractivity contribution in [3.63, 3.8) is 0 Å². The van der Waals surface area contributed by atoms with Gasteiger partial charge in [0.05, 0.1) is 0 Å². The van der Waals surface area contributed by atoms with E-state index in [0.717, 1.165) is 4.70 Å². The molecule has 0 saturated heterocycles. The van der Waals surface area contributed by atoms with Gasteiger partial charge in [0, 0.05) is 10.1 Å². The Labute approximate surface area is 78.8 Å². The number of hydrogen-bond acceptors (Lipinski definition) is 3. The molecule has 0 amide bonds. The maximum atomic E-state index is 12.7. The van der Waals surface area contributed by atoms with Gasteiger partial charge in [-0.15, -0.1) is 15.2 Å². The van der Waals surface area contributed by atoms with Crippen LogP contribution in [0.2, 0.25) is 0 Å². The normalized spacial score (nSPS) is 12.1. The standard InChI is InChI=1S/C8H5FO2S2/c9-13(10,11)8-3-1-2-7-6(8)4-5-12-7/h1-5H. The zero-order valence-corrected chi connectivity index (χ0v) is 8.03. The average molecular weight is 216 g/mol. The van der Waals surface area contributed by atoms with Crippen LogP contribution in [0.15, 0.2) is 34.5 Å². The molecule has 0 N–H and O–H groups in total. The minimum atomic E-state index is -4.59. The van der Waals surface area contributed by atoms with E-state index in [1.807, 2.05) is 0 Å². The highest BCUT2D eigenvalue weighted by atomic mass is 32.3. The van der Waals surface area contributed by atoms with Gasteiger partial charge in [0.15, 0.2) is 0 Å². The number of hydrogen-bond donors (Lipinski definition) is 0. The van der Waals surface area contributed by atoms with Crippen LogP contribution in [0.3, 0.4) is 0 Å². The second-order valence-electron chi connectivity index (χ2n) is 2.53. The van der Waals surface area contributed by atoms with Gasteiger partial charge in [-0.05, 0) is 23.6 Å². The highest BCUT2D eigenvalue weighted by molar-refractivity contribution is 7.86. The van der Waals surface area contributed by atoms with Gasteiger partial charge in [0.1, 0.15) is 4.90 Å². The number of rotatable bonds is 1. The highest BCUT2D eigenvalue weighted by Gasteiger charge is 2.15. The summed E-state index contributed by atoms with van der Waals surface area (Å²) in [5.41, 5.74) is 0. The van der Waals surface area contributed by atoms with Crippen LogP contribution < -0.4 is 0 Å². The second-order valence-corrected chi connectivity index (χ2v) is 4.79. The van der Waals surface area contributed by atoms with Crippen LogP contribution in [0.1, 0.15) is 0 Å². The fourth-order valence-electron chi connectivity index (χ4n) is 1.18. The molecule has 0 unspecified atom stereocenters. The van der Waals surface area contributed by atoms with Crippen molar-refractivity contribution in [1.29, 1.82) is 0 Å². The molecule has 0 radical (unpaired) electrons. The molecule has 1 heterocycles.